The second-order valence-electron chi connectivity index (χ2n) is 2.62. The highest BCUT2D eigenvalue weighted by atomic mass is 19.3. The van der Waals surface area contributed by atoms with Crippen molar-refractivity contribution in [3.05, 3.63) is 17.5 Å². The Labute approximate surface area is 83.5 Å². The minimum Gasteiger partial charge on any atom is -0.504 e. The van der Waals surface area contributed by atoms with Gasteiger partial charge in [0.25, 0.3) is 6.43 Å². The molecule has 0 amide bonds. The first-order chi connectivity index (χ1) is 6.97. The molecule has 1 rings (SSSR count). The monoisotopic (exact) mass is 218 g/mol. The maximum absolute atomic E-state index is 12.3. The van der Waals surface area contributed by atoms with Gasteiger partial charge in [-0.2, -0.15) is 0 Å². The molecule has 1 aromatic heterocycles. The number of methoxy groups -OCH3 is 1. The minimum absolute atomic E-state index is 0.347. The number of nitrogen functional groups attached to an aromatic ring is 1. The summed E-state index contributed by atoms with van der Waals surface area (Å²) in [6.45, 7) is 0. The van der Waals surface area contributed by atoms with Gasteiger partial charge in [0.05, 0.1) is 12.8 Å². The van der Waals surface area contributed by atoms with Crippen molar-refractivity contribution in [1.82, 2.24) is 4.98 Å². The van der Waals surface area contributed by atoms with Gasteiger partial charge in [0.2, 0.25) is 0 Å². The number of anilines is 1. The van der Waals surface area contributed by atoms with Gasteiger partial charge in [-0.25, -0.2) is 18.6 Å². The molecular weight excluding hydrogens is 210 g/mol. The Hall–Kier alpha value is -1.92. The molecule has 7 heteroatoms. The Morgan fingerprint density at radius 3 is 2.73 bits per heavy atom. The van der Waals surface area contributed by atoms with Gasteiger partial charge in [-0.05, 0) is 6.07 Å². The summed E-state index contributed by atoms with van der Waals surface area (Å²) >= 11 is 0. The molecule has 0 aliphatic rings. The molecule has 0 unspecified atom stereocenters. The molecule has 0 saturated carbocycles. The highest BCUT2D eigenvalue weighted by Gasteiger charge is 2.21. The Morgan fingerprint density at radius 1 is 1.67 bits per heavy atom. The first-order valence-corrected chi connectivity index (χ1v) is 3.83. The normalized spacial score (nSPS) is 10.4. The van der Waals surface area contributed by atoms with Crippen molar-refractivity contribution in [2.75, 3.05) is 12.8 Å². The highest BCUT2D eigenvalue weighted by Crippen LogP contribution is 2.31. The van der Waals surface area contributed by atoms with E-state index in [2.05, 4.69) is 9.72 Å². The minimum atomic E-state index is -3.02. The van der Waals surface area contributed by atoms with Crippen molar-refractivity contribution in [2.45, 2.75) is 6.43 Å². The number of hydrogen-bond acceptors (Lipinski definition) is 5. The number of ether oxygens (including phenoxy) is 1. The first kappa shape index (κ1) is 11.2. The van der Waals surface area contributed by atoms with Gasteiger partial charge in [-0.15, -0.1) is 0 Å². The van der Waals surface area contributed by atoms with Crippen LogP contribution in [0.2, 0.25) is 0 Å². The lowest BCUT2D eigenvalue weighted by atomic mass is 10.2. The zero-order chi connectivity index (χ0) is 11.6. The molecule has 0 atom stereocenters. The van der Waals surface area contributed by atoms with E-state index in [0.29, 0.717) is 0 Å². The van der Waals surface area contributed by atoms with E-state index in [1.807, 2.05) is 0 Å². The second kappa shape index (κ2) is 4.07. The van der Waals surface area contributed by atoms with E-state index in [9.17, 15) is 13.6 Å². The Kier molecular flexibility index (Phi) is 3.03. The largest absolute Gasteiger partial charge is 0.504 e. The number of carbonyl (C=O) groups excluding carboxylic acids is 1. The van der Waals surface area contributed by atoms with Gasteiger partial charge in [0.1, 0.15) is 0 Å². The molecule has 0 bridgehead atoms. The Morgan fingerprint density at radius 2 is 2.27 bits per heavy atom. The van der Waals surface area contributed by atoms with Gasteiger partial charge in [0, 0.05) is 0 Å². The number of rotatable bonds is 2. The van der Waals surface area contributed by atoms with Crippen molar-refractivity contribution >= 4 is 11.7 Å². The third-order valence-electron chi connectivity index (χ3n) is 1.65. The van der Waals surface area contributed by atoms with E-state index in [-0.39, 0.29) is 11.4 Å². The Balaban J connectivity index is 3.29. The van der Waals surface area contributed by atoms with Crippen molar-refractivity contribution < 1.29 is 23.4 Å². The smallest absolute Gasteiger partial charge is 0.356 e. The summed E-state index contributed by atoms with van der Waals surface area (Å²) in [5, 5.41) is 9.13. The summed E-state index contributed by atoms with van der Waals surface area (Å²) in [5.41, 5.74) is 3.57. The highest BCUT2D eigenvalue weighted by molar-refractivity contribution is 5.88. The lowest BCUT2D eigenvalue weighted by Gasteiger charge is -2.07. The summed E-state index contributed by atoms with van der Waals surface area (Å²) in [6, 6.07) is 0.965. The second-order valence-corrected chi connectivity index (χ2v) is 2.62. The number of aromatic nitrogens is 1. The maximum atomic E-state index is 12.3. The summed E-state index contributed by atoms with van der Waals surface area (Å²) in [6.07, 6.45) is -3.02. The molecule has 0 aliphatic heterocycles. The average molecular weight is 218 g/mol. The van der Waals surface area contributed by atoms with Crippen LogP contribution in [0.4, 0.5) is 14.5 Å². The van der Waals surface area contributed by atoms with E-state index < -0.39 is 23.8 Å². The molecule has 0 aromatic carbocycles. The van der Waals surface area contributed by atoms with E-state index in [1.165, 1.54) is 0 Å². The van der Waals surface area contributed by atoms with Crippen LogP contribution in [0.25, 0.3) is 0 Å². The molecular formula is C8H8F2N2O3. The van der Waals surface area contributed by atoms with Crippen LogP contribution in [0.15, 0.2) is 6.07 Å². The van der Waals surface area contributed by atoms with Gasteiger partial charge in [0.15, 0.2) is 17.1 Å². The molecule has 82 valence electrons. The molecule has 3 N–H and O–H groups in total. The molecule has 1 aromatic rings. The third-order valence-corrected chi connectivity index (χ3v) is 1.65. The van der Waals surface area contributed by atoms with Crippen LogP contribution in [-0.2, 0) is 4.74 Å². The van der Waals surface area contributed by atoms with Crippen LogP contribution < -0.4 is 5.73 Å². The predicted molar refractivity (Wildman–Crippen MR) is 46.6 cm³/mol. The first-order valence-electron chi connectivity index (χ1n) is 3.83. The van der Waals surface area contributed by atoms with E-state index in [0.717, 1.165) is 13.2 Å². The number of nitrogens with zero attached hydrogens (tertiary/aromatic N) is 1. The number of carbonyl (C=O) groups is 1. The predicted octanol–water partition coefficient (Wildman–Crippen LogP) is 1.09. The molecule has 0 fully saturated rings. The number of hydrogen-bond donors (Lipinski definition) is 2. The maximum Gasteiger partial charge on any atom is 0.356 e. The zero-order valence-corrected chi connectivity index (χ0v) is 7.70. The fourth-order valence-electron chi connectivity index (χ4n) is 0.940. The van der Waals surface area contributed by atoms with Crippen molar-refractivity contribution in [3.63, 3.8) is 0 Å². The van der Waals surface area contributed by atoms with E-state index in [1.54, 1.807) is 0 Å². The van der Waals surface area contributed by atoms with Crippen LogP contribution in [-0.4, -0.2) is 23.2 Å². The molecule has 5 nitrogen and oxygen atoms in total. The third kappa shape index (κ3) is 2.12. The Bertz CT molecular complexity index is 396. The van der Waals surface area contributed by atoms with E-state index in [4.69, 9.17) is 10.8 Å². The van der Waals surface area contributed by atoms with Crippen LogP contribution in [0.3, 0.4) is 0 Å². The zero-order valence-electron chi connectivity index (χ0n) is 7.70. The van der Waals surface area contributed by atoms with Crippen LogP contribution in [0.5, 0.6) is 5.75 Å². The van der Waals surface area contributed by atoms with E-state index >= 15 is 0 Å². The van der Waals surface area contributed by atoms with Gasteiger partial charge >= 0.3 is 5.97 Å². The summed E-state index contributed by atoms with van der Waals surface area (Å²) < 4.78 is 28.9. The SMILES string of the molecule is COC(=O)c1cc(N)c(O)c(C(F)F)n1. The van der Waals surface area contributed by atoms with Crippen molar-refractivity contribution in [1.29, 1.82) is 0 Å². The van der Waals surface area contributed by atoms with Gasteiger partial charge in [-0.1, -0.05) is 0 Å². The fraction of sp³-hybridized carbons (Fsp3) is 0.250. The van der Waals surface area contributed by atoms with Crippen molar-refractivity contribution in [2.24, 2.45) is 0 Å². The molecule has 0 radical (unpaired) electrons. The lowest BCUT2D eigenvalue weighted by molar-refractivity contribution is 0.0592. The molecule has 1 heterocycles. The number of alkyl halides is 2. The number of halogens is 2. The number of esters is 1. The number of aromatic hydroxyl groups is 1. The average Bonchev–Trinajstić information content (AvgIpc) is 2.20. The number of pyridine rings is 1. The van der Waals surface area contributed by atoms with Crippen LogP contribution in [0.1, 0.15) is 22.6 Å². The van der Waals surface area contributed by atoms with Gasteiger partial charge in [-0.3, -0.25) is 0 Å². The topological polar surface area (TPSA) is 85.4 Å². The van der Waals surface area contributed by atoms with Crippen molar-refractivity contribution in [3.8, 4) is 5.75 Å². The number of nitrogens with two attached hydrogens (primary N) is 1. The fourth-order valence-corrected chi connectivity index (χ4v) is 0.940. The van der Waals surface area contributed by atoms with Gasteiger partial charge < -0.3 is 15.6 Å². The molecule has 0 saturated heterocycles. The lowest BCUT2D eigenvalue weighted by Crippen LogP contribution is -2.08. The molecule has 15 heavy (non-hydrogen) atoms. The summed E-state index contributed by atoms with van der Waals surface area (Å²) in [7, 11) is 1.08. The molecule has 0 spiro atoms. The summed E-state index contributed by atoms with van der Waals surface area (Å²) in [4.78, 5) is 14.2. The van der Waals surface area contributed by atoms with Crippen LogP contribution in [0, 0.1) is 0 Å². The summed E-state index contributed by atoms with van der Waals surface area (Å²) in [5.74, 6) is -1.72. The molecule has 0 aliphatic carbocycles. The standard InChI is InChI=1S/C8H8F2N2O3/c1-15-8(14)4-2-3(11)6(13)5(12-4)7(9)10/h2,7,13H,1H3,(H2,11,12). The van der Waals surface area contributed by atoms with Crippen LogP contribution >= 0.6 is 0 Å². The quantitative estimate of drug-likeness (QED) is 0.726.